The molecule has 2 aromatic carbocycles. The molecule has 10 nitrogen and oxygen atoms in total. The average Bonchev–Trinajstić information content (AvgIpc) is 3.74. The van der Waals surface area contributed by atoms with Gasteiger partial charge in [0.1, 0.15) is 23.7 Å². The van der Waals surface area contributed by atoms with Crippen LogP contribution in [0.1, 0.15) is 49.8 Å². The number of hydrogen-bond acceptors (Lipinski definition) is 7. The van der Waals surface area contributed by atoms with Crippen LogP contribution in [-0.4, -0.2) is 88.6 Å². The lowest BCUT2D eigenvalue weighted by atomic mass is 9.74. The summed E-state index contributed by atoms with van der Waals surface area (Å²) in [4.78, 5) is 59.5. The standard InChI is InChI=1S/C37H43N3O7/c1-2-3-20-39-21-12-6-11-17-30(42)38-23-29(26-15-9-5-10-16-26)46-36(45)31-28-18-19-37(47-28)32(31)34(43)40(33(37)35(39)44)27(24-41)22-25-13-7-4-8-14-25/h4-10,12-16,18-19,27-29,31-33,41H,2-3,11,17,20-24H2,1H3,(H,38,42)/b12-6-/t27-,28+,29+,31-,32-,33+,37-/m1/s1. The lowest BCUT2D eigenvalue weighted by molar-refractivity contribution is -0.160. The number of carbonyl (C=O) groups is 4. The summed E-state index contributed by atoms with van der Waals surface area (Å²) < 4.78 is 12.7. The zero-order valence-electron chi connectivity index (χ0n) is 26.7. The molecule has 2 N–H and O–H groups in total. The van der Waals surface area contributed by atoms with Crippen LogP contribution in [0.15, 0.2) is 85.0 Å². The number of rotatable bonds is 8. The lowest BCUT2D eigenvalue weighted by Gasteiger charge is -2.39. The number of nitrogens with one attached hydrogen (secondary N) is 1. The monoisotopic (exact) mass is 641 g/mol. The topological polar surface area (TPSA) is 125 Å². The molecule has 0 unspecified atom stereocenters. The van der Waals surface area contributed by atoms with Crippen LogP contribution in [0.3, 0.4) is 0 Å². The first-order chi connectivity index (χ1) is 22.9. The number of carbonyl (C=O) groups excluding carboxylic acids is 4. The number of aliphatic hydroxyl groups is 1. The highest BCUT2D eigenvalue weighted by atomic mass is 16.6. The molecule has 0 aromatic heterocycles. The third-order valence-corrected chi connectivity index (χ3v) is 9.77. The zero-order valence-corrected chi connectivity index (χ0v) is 26.7. The summed E-state index contributed by atoms with van der Waals surface area (Å²) in [6.45, 7) is 2.48. The Morgan fingerprint density at radius 2 is 1.74 bits per heavy atom. The van der Waals surface area contributed by atoms with Crippen molar-refractivity contribution in [2.24, 2.45) is 11.8 Å². The van der Waals surface area contributed by atoms with Crippen LogP contribution in [0, 0.1) is 11.8 Å². The van der Waals surface area contributed by atoms with E-state index in [0.29, 0.717) is 24.9 Å². The minimum absolute atomic E-state index is 0.0673. The molecular weight excluding hydrogens is 598 g/mol. The van der Waals surface area contributed by atoms with E-state index in [-0.39, 0.29) is 37.9 Å². The van der Waals surface area contributed by atoms with Crippen molar-refractivity contribution in [2.45, 2.75) is 68.9 Å². The maximum atomic E-state index is 14.7. The summed E-state index contributed by atoms with van der Waals surface area (Å²) in [5.41, 5.74) is 0.214. The number of unbranched alkanes of at least 4 members (excludes halogenated alkanes) is 1. The summed E-state index contributed by atoms with van der Waals surface area (Å²) in [5.74, 6) is -3.55. The maximum Gasteiger partial charge on any atom is 0.313 e. The van der Waals surface area contributed by atoms with Gasteiger partial charge in [-0.15, -0.1) is 0 Å². The number of allylic oxidation sites excluding steroid dienone is 1. The van der Waals surface area contributed by atoms with Crippen molar-refractivity contribution in [1.29, 1.82) is 0 Å². The third kappa shape index (κ3) is 6.36. The molecule has 0 aliphatic carbocycles. The van der Waals surface area contributed by atoms with Gasteiger partial charge in [0, 0.05) is 19.5 Å². The van der Waals surface area contributed by atoms with Crippen LogP contribution < -0.4 is 5.32 Å². The van der Waals surface area contributed by atoms with Crippen LogP contribution in [-0.2, 0) is 35.1 Å². The second kappa shape index (κ2) is 14.2. The smallest absolute Gasteiger partial charge is 0.313 e. The molecule has 0 saturated carbocycles. The third-order valence-electron chi connectivity index (χ3n) is 9.77. The molecule has 2 saturated heterocycles. The lowest BCUT2D eigenvalue weighted by Crippen LogP contribution is -2.59. The number of nitrogens with zero attached hydrogens (tertiary/aromatic N) is 2. The van der Waals surface area contributed by atoms with Crippen molar-refractivity contribution in [2.75, 3.05) is 26.2 Å². The highest BCUT2D eigenvalue weighted by Crippen LogP contribution is 2.56. The predicted octanol–water partition coefficient (Wildman–Crippen LogP) is 3.12. The number of ether oxygens (including phenoxy) is 2. The second-order valence-electron chi connectivity index (χ2n) is 12.8. The molecular formula is C37H43N3O7. The molecule has 3 amide bonds. The van der Waals surface area contributed by atoms with E-state index < -0.39 is 53.6 Å². The number of benzene rings is 2. The van der Waals surface area contributed by atoms with Crippen LogP contribution in [0.4, 0.5) is 0 Å². The molecule has 7 atom stereocenters. The fourth-order valence-electron chi connectivity index (χ4n) is 7.44. The number of likely N-dealkylation sites (tertiary alicyclic amines) is 1. The van der Waals surface area contributed by atoms with Gasteiger partial charge in [0.05, 0.1) is 31.2 Å². The van der Waals surface area contributed by atoms with Gasteiger partial charge >= 0.3 is 5.97 Å². The summed E-state index contributed by atoms with van der Waals surface area (Å²) in [5, 5.41) is 13.6. The molecule has 5 bridgehead atoms. The highest BCUT2D eigenvalue weighted by Gasteiger charge is 2.74. The summed E-state index contributed by atoms with van der Waals surface area (Å²) in [6.07, 6.45) is 8.39. The van der Waals surface area contributed by atoms with Gasteiger partial charge in [-0.2, -0.15) is 0 Å². The molecule has 0 radical (unpaired) electrons. The summed E-state index contributed by atoms with van der Waals surface area (Å²) >= 11 is 0. The van der Waals surface area contributed by atoms with Crippen molar-refractivity contribution in [3.63, 3.8) is 0 Å². The van der Waals surface area contributed by atoms with Crippen molar-refractivity contribution in [3.05, 3.63) is 96.1 Å². The van der Waals surface area contributed by atoms with Gasteiger partial charge < -0.3 is 29.7 Å². The normalized spacial score (nSPS) is 30.6. The number of fused-ring (bicyclic) bond motifs is 2. The Bertz CT molecular complexity index is 1510. The quantitative estimate of drug-likeness (QED) is 0.335. The first-order valence-corrected chi connectivity index (χ1v) is 16.7. The van der Waals surface area contributed by atoms with Gasteiger partial charge in [-0.05, 0) is 30.4 Å². The fourth-order valence-corrected chi connectivity index (χ4v) is 7.44. The van der Waals surface area contributed by atoms with Gasteiger partial charge in [-0.1, -0.05) is 98.3 Å². The number of hydrogen-bond donors (Lipinski definition) is 2. The number of cyclic esters (lactones) is 1. The van der Waals surface area contributed by atoms with E-state index in [2.05, 4.69) is 5.32 Å². The van der Waals surface area contributed by atoms with E-state index in [0.717, 1.165) is 18.4 Å². The largest absolute Gasteiger partial charge is 0.455 e. The van der Waals surface area contributed by atoms with Crippen LogP contribution in [0.2, 0.25) is 0 Å². The molecule has 4 aliphatic heterocycles. The summed E-state index contributed by atoms with van der Waals surface area (Å²) in [7, 11) is 0. The Morgan fingerprint density at radius 3 is 2.47 bits per heavy atom. The van der Waals surface area contributed by atoms with Gasteiger partial charge in [0.15, 0.2) is 0 Å². The highest BCUT2D eigenvalue weighted by molar-refractivity contribution is 5.99. The van der Waals surface area contributed by atoms with Gasteiger partial charge in [0.25, 0.3) is 0 Å². The van der Waals surface area contributed by atoms with Crippen LogP contribution >= 0.6 is 0 Å². The van der Waals surface area contributed by atoms with Gasteiger partial charge in [-0.25, -0.2) is 0 Å². The first kappa shape index (κ1) is 32.7. The van der Waals surface area contributed by atoms with Crippen LogP contribution in [0.25, 0.3) is 0 Å². The van der Waals surface area contributed by atoms with E-state index in [1.165, 1.54) is 4.90 Å². The first-order valence-electron chi connectivity index (χ1n) is 16.7. The molecule has 47 heavy (non-hydrogen) atoms. The van der Waals surface area contributed by atoms with Crippen molar-refractivity contribution in [3.8, 4) is 0 Å². The van der Waals surface area contributed by atoms with E-state index in [1.54, 1.807) is 17.1 Å². The van der Waals surface area contributed by atoms with Crippen LogP contribution in [0.5, 0.6) is 0 Å². The van der Waals surface area contributed by atoms with Crippen molar-refractivity contribution in [1.82, 2.24) is 15.1 Å². The minimum atomic E-state index is -1.40. The Morgan fingerprint density at radius 1 is 1.00 bits per heavy atom. The zero-order chi connectivity index (χ0) is 33.0. The van der Waals surface area contributed by atoms with Crippen molar-refractivity contribution < 1.29 is 33.8 Å². The van der Waals surface area contributed by atoms with E-state index in [4.69, 9.17) is 9.47 Å². The van der Waals surface area contributed by atoms with E-state index in [9.17, 15) is 24.3 Å². The molecule has 2 aromatic rings. The Balaban J connectivity index is 1.42. The van der Waals surface area contributed by atoms with Gasteiger partial charge in [0.2, 0.25) is 17.7 Å². The Hall–Kier alpha value is -4.28. The molecule has 1 spiro atoms. The SMILES string of the molecule is CCCCN1C/C=C\CCC(=O)NC[C@@H](c2ccccc2)OC(=O)[C@@H]2[C@@H]3C=C[C@]4(O3)[C@H](C1=O)N([C@@H](CO)Cc1ccccc1)C(=O)[C@@H]24. The Labute approximate surface area is 275 Å². The van der Waals surface area contributed by atoms with Gasteiger partial charge in [-0.3, -0.25) is 19.2 Å². The molecule has 4 aliphatic rings. The predicted molar refractivity (Wildman–Crippen MR) is 174 cm³/mol. The average molecular weight is 642 g/mol. The van der Waals surface area contributed by atoms with E-state index >= 15 is 0 Å². The Kier molecular flexibility index (Phi) is 9.89. The molecule has 248 valence electrons. The number of amides is 3. The summed E-state index contributed by atoms with van der Waals surface area (Å²) in [6, 6.07) is 16.9. The van der Waals surface area contributed by atoms with E-state index in [1.807, 2.05) is 79.7 Å². The number of aliphatic hydroxyl groups excluding tert-OH is 1. The molecule has 10 heteroatoms. The molecule has 2 fully saturated rings. The molecule has 4 heterocycles. The van der Waals surface area contributed by atoms with Crippen molar-refractivity contribution >= 4 is 23.7 Å². The maximum absolute atomic E-state index is 14.7. The fraction of sp³-hybridized carbons (Fsp3) is 0.459. The second-order valence-corrected chi connectivity index (χ2v) is 12.8. The minimum Gasteiger partial charge on any atom is -0.455 e. The number of esters is 1. The molecule has 6 rings (SSSR count).